The molecule has 2 N–H and O–H groups in total. The van der Waals surface area contributed by atoms with Crippen molar-refractivity contribution in [3.63, 3.8) is 0 Å². The summed E-state index contributed by atoms with van der Waals surface area (Å²) in [6, 6.07) is 0. The lowest BCUT2D eigenvalue weighted by Gasteiger charge is -2.09. The second-order valence-corrected chi connectivity index (χ2v) is 2.14. The Kier molecular flexibility index (Phi) is 9.21. The van der Waals surface area contributed by atoms with Gasteiger partial charge in [0.2, 0.25) is 6.43 Å². The topological polar surface area (TPSA) is 26.0 Å². The first-order valence-electron chi connectivity index (χ1n) is 3.18. The molecular weight excluding hydrogens is 160 g/mol. The second kappa shape index (κ2) is 7.22. The van der Waals surface area contributed by atoms with E-state index >= 15 is 0 Å². The van der Waals surface area contributed by atoms with E-state index in [1.54, 1.807) is 0 Å². The fourth-order valence-corrected chi connectivity index (χ4v) is 0.682. The quantitative estimate of drug-likeness (QED) is 0.692. The van der Waals surface area contributed by atoms with E-state index in [1.165, 1.54) is 0 Å². The van der Waals surface area contributed by atoms with Crippen molar-refractivity contribution in [2.24, 2.45) is 11.7 Å². The monoisotopic (exact) mass is 173 g/mol. The van der Waals surface area contributed by atoms with E-state index in [2.05, 4.69) is 0 Å². The van der Waals surface area contributed by atoms with E-state index < -0.39 is 6.43 Å². The van der Waals surface area contributed by atoms with E-state index in [9.17, 15) is 8.78 Å². The normalized spacial score (nSPS) is 12.9. The Balaban J connectivity index is 0. The van der Waals surface area contributed by atoms with Gasteiger partial charge >= 0.3 is 0 Å². The molecule has 0 radical (unpaired) electrons. The highest BCUT2D eigenvalue weighted by molar-refractivity contribution is 5.85. The number of hydrogen-bond acceptors (Lipinski definition) is 1. The maximum Gasteiger partial charge on any atom is 0.238 e. The van der Waals surface area contributed by atoms with Crippen LogP contribution in [0.15, 0.2) is 0 Å². The first kappa shape index (κ1) is 12.8. The van der Waals surface area contributed by atoms with Gasteiger partial charge in [-0.3, -0.25) is 0 Å². The molecule has 0 aromatic carbocycles. The lowest BCUT2D eigenvalue weighted by Crippen LogP contribution is -2.16. The Labute approximate surface area is 66.4 Å². The molecule has 1 nitrogen and oxygen atoms in total. The minimum absolute atomic E-state index is 0. The van der Waals surface area contributed by atoms with E-state index in [4.69, 9.17) is 5.73 Å². The highest BCUT2D eigenvalue weighted by Crippen LogP contribution is 2.12. The summed E-state index contributed by atoms with van der Waals surface area (Å²) in [7, 11) is 0. The molecule has 0 heterocycles. The van der Waals surface area contributed by atoms with Crippen molar-refractivity contribution in [2.75, 3.05) is 6.54 Å². The predicted molar refractivity (Wildman–Crippen MR) is 40.7 cm³/mol. The van der Waals surface area contributed by atoms with Gasteiger partial charge in [0.15, 0.2) is 0 Å². The van der Waals surface area contributed by atoms with Crippen LogP contribution in [0.4, 0.5) is 8.78 Å². The minimum Gasteiger partial charge on any atom is -0.330 e. The van der Waals surface area contributed by atoms with Gasteiger partial charge in [-0.25, -0.2) is 8.78 Å². The average Bonchev–Trinajstić information content (AvgIpc) is 1.82. The molecule has 0 saturated carbocycles. The van der Waals surface area contributed by atoms with Crippen molar-refractivity contribution < 1.29 is 8.78 Å². The molecule has 0 rings (SSSR count). The summed E-state index contributed by atoms with van der Waals surface area (Å²) < 4.78 is 23.2. The molecule has 1 atom stereocenters. The summed E-state index contributed by atoms with van der Waals surface area (Å²) in [6.07, 6.45) is -1.49. The maximum absolute atomic E-state index is 11.6. The van der Waals surface area contributed by atoms with Gasteiger partial charge in [-0.15, -0.1) is 12.4 Å². The molecule has 0 aliphatic carbocycles. The standard InChI is InChI=1S/C6H13F2N.ClH/c1-2-5(4-9)3-6(7)8;/h5-6H,2-4,9H2,1H3;1H. The van der Waals surface area contributed by atoms with Crippen LogP contribution in [0.5, 0.6) is 0 Å². The highest BCUT2D eigenvalue weighted by atomic mass is 35.5. The number of halogens is 3. The summed E-state index contributed by atoms with van der Waals surface area (Å²) >= 11 is 0. The Morgan fingerprint density at radius 2 is 1.90 bits per heavy atom. The number of nitrogens with two attached hydrogens (primary N) is 1. The molecule has 4 heteroatoms. The van der Waals surface area contributed by atoms with Crippen molar-refractivity contribution in [1.29, 1.82) is 0 Å². The summed E-state index contributed by atoms with van der Waals surface area (Å²) in [5.74, 6) is 0.00463. The van der Waals surface area contributed by atoms with Crippen molar-refractivity contribution in [1.82, 2.24) is 0 Å². The first-order chi connectivity index (χ1) is 4.20. The fourth-order valence-electron chi connectivity index (χ4n) is 0.682. The van der Waals surface area contributed by atoms with E-state index in [-0.39, 0.29) is 24.7 Å². The minimum atomic E-state index is -2.20. The molecule has 64 valence electrons. The second-order valence-electron chi connectivity index (χ2n) is 2.14. The van der Waals surface area contributed by atoms with Crippen molar-refractivity contribution in [3.05, 3.63) is 0 Å². The molecule has 0 aliphatic rings. The van der Waals surface area contributed by atoms with Crippen molar-refractivity contribution in [2.45, 2.75) is 26.2 Å². The maximum atomic E-state index is 11.6. The van der Waals surface area contributed by atoms with Gasteiger partial charge < -0.3 is 5.73 Å². The smallest absolute Gasteiger partial charge is 0.238 e. The molecule has 0 amide bonds. The third-order valence-electron chi connectivity index (χ3n) is 1.42. The average molecular weight is 174 g/mol. The third-order valence-corrected chi connectivity index (χ3v) is 1.42. The lowest BCUT2D eigenvalue weighted by atomic mass is 10.0. The number of rotatable bonds is 4. The van der Waals surface area contributed by atoms with Crippen LogP contribution in [-0.2, 0) is 0 Å². The van der Waals surface area contributed by atoms with Gasteiger partial charge in [0, 0.05) is 6.42 Å². The zero-order chi connectivity index (χ0) is 7.28. The Hall–Kier alpha value is 0.110. The van der Waals surface area contributed by atoms with E-state index in [0.29, 0.717) is 6.54 Å². The van der Waals surface area contributed by atoms with Crippen LogP contribution in [0, 0.1) is 5.92 Å². The van der Waals surface area contributed by atoms with Crippen LogP contribution < -0.4 is 5.73 Å². The van der Waals surface area contributed by atoms with Crippen LogP contribution >= 0.6 is 12.4 Å². The molecule has 0 aromatic heterocycles. The van der Waals surface area contributed by atoms with E-state index in [0.717, 1.165) is 6.42 Å². The summed E-state index contributed by atoms with van der Waals surface area (Å²) in [5, 5.41) is 0. The molecule has 0 aliphatic heterocycles. The highest BCUT2D eigenvalue weighted by Gasteiger charge is 2.10. The van der Waals surface area contributed by atoms with Gasteiger partial charge in [0.25, 0.3) is 0 Å². The van der Waals surface area contributed by atoms with Crippen LogP contribution in [0.3, 0.4) is 0 Å². The first-order valence-corrected chi connectivity index (χ1v) is 3.18. The third kappa shape index (κ3) is 6.23. The Morgan fingerprint density at radius 3 is 2.00 bits per heavy atom. The van der Waals surface area contributed by atoms with Gasteiger partial charge in [0.05, 0.1) is 0 Å². The SMILES string of the molecule is CCC(CN)CC(F)F.Cl. The predicted octanol–water partition coefficient (Wildman–Crippen LogP) is 2.05. The van der Waals surface area contributed by atoms with Crippen LogP contribution in [0.2, 0.25) is 0 Å². The summed E-state index contributed by atoms with van der Waals surface area (Å²) in [5.41, 5.74) is 5.20. The fraction of sp³-hybridized carbons (Fsp3) is 1.00. The van der Waals surface area contributed by atoms with E-state index in [1.807, 2.05) is 6.92 Å². The van der Waals surface area contributed by atoms with Crippen molar-refractivity contribution in [3.8, 4) is 0 Å². The molecule has 10 heavy (non-hydrogen) atoms. The van der Waals surface area contributed by atoms with Gasteiger partial charge in [-0.2, -0.15) is 0 Å². The zero-order valence-corrected chi connectivity index (χ0v) is 6.83. The molecule has 0 saturated heterocycles. The summed E-state index contributed by atoms with van der Waals surface area (Å²) in [4.78, 5) is 0. The van der Waals surface area contributed by atoms with Crippen molar-refractivity contribution >= 4 is 12.4 Å². The molecule has 0 spiro atoms. The zero-order valence-electron chi connectivity index (χ0n) is 6.02. The molecule has 0 aromatic rings. The Bertz CT molecular complexity index is 66.8. The van der Waals surface area contributed by atoms with Crippen LogP contribution in [-0.4, -0.2) is 13.0 Å². The molecule has 0 fully saturated rings. The van der Waals surface area contributed by atoms with Gasteiger partial charge in [0.1, 0.15) is 0 Å². The van der Waals surface area contributed by atoms with Crippen LogP contribution in [0.25, 0.3) is 0 Å². The molecular formula is C6H14ClF2N. The van der Waals surface area contributed by atoms with Gasteiger partial charge in [-0.1, -0.05) is 13.3 Å². The van der Waals surface area contributed by atoms with Gasteiger partial charge in [-0.05, 0) is 12.5 Å². The molecule has 0 bridgehead atoms. The number of alkyl halides is 2. The molecule has 1 unspecified atom stereocenters. The summed E-state index contributed by atoms with van der Waals surface area (Å²) in [6.45, 7) is 2.25. The largest absolute Gasteiger partial charge is 0.330 e. The Morgan fingerprint density at radius 1 is 1.40 bits per heavy atom. The lowest BCUT2D eigenvalue weighted by molar-refractivity contribution is 0.115. The van der Waals surface area contributed by atoms with Crippen LogP contribution in [0.1, 0.15) is 19.8 Å². The number of hydrogen-bond donors (Lipinski definition) is 1.